The van der Waals surface area contributed by atoms with E-state index in [-0.39, 0.29) is 0 Å². The van der Waals surface area contributed by atoms with Crippen molar-refractivity contribution in [3.63, 3.8) is 0 Å². The highest BCUT2D eigenvalue weighted by Gasteiger charge is 2.35. The van der Waals surface area contributed by atoms with Crippen LogP contribution in [0.5, 0.6) is 0 Å². The summed E-state index contributed by atoms with van der Waals surface area (Å²) >= 11 is 0. The monoisotopic (exact) mass is 226 g/mol. The second-order valence-corrected chi connectivity index (χ2v) is 5.18. The number of hydrogen-bond donors (Lipinski definition) is 1. The minimum atomic E-state index is 0.473. The molecule has 2 fully saturated rings. The van der Waals surface area contributed by atoms with Gasteiger partial charge in [-0.15, -0.1) is 0 Å². The van der Waals surface area contributed by atoms with Crippen LogP contribution in [0.4, 0.5) is 0 Å². The summed E-state index contributed by atoms with van der Waals surface area (Å²) in [5, 5.41) is 3.39. The quantitative estimate of drug-likeness (QED) is 0.771. The van der Waals surface area contributed by atoms with Gasteiger partial charge in [0.2, 0.25) is 0 Å². The van der Waals surface area contributed by atoms with Crippen molar-refractivity contribution in [2.45, 2.75) is 57.2 Å². The molecule has 2 atom stereocenters. The summed E-state index contributed by atoms with van der Waals surface area (Å²) in [6.07, 6.45) is 7.03. The molecular weight excluding hydrogens is 200 g/mol. The van der Waals surface area contributed by atoms with Crippen LogP contribution in [-0.2, 0) is 4.74 Å². The second kappa shape index (κ2) is 5.99. The van der Waals surface area contributed by atoms with E-state index in [0.29, 0.717) is 12.1 Å². The summed E-state index contributed by atoms with van der Waals surface area (Å²) in [5.41, 5.74) is 0. The lowest BCUT2D eigenvalue weighted by molar-refractivity contribution is -0.0358. The van der Waals surface area contributed by atoms with E-state index in [1.165, 1.54) is 51.7 Å². The molecule has 3 nitrogen and oxygen atoms in total. The molecule has 0 spiro atoms. The van der Waals surface area contributed by atoms with E-state index >= 15 is 0 Å². The van der Waals surface area contributed by atoms with E-state index in [9.17, 15) is 0 Å². The second-order valence-electron chi connectivity index (χ2n) is 5.18. The molecule has 0 aromatic carbocycles. The van der Waals surface area contributed by atoms with Gasteiger partial charge in [0.25, 0.3) is 0 Å². The first kappa shape index (κ1) is 12.3. The first-order valence-corrected chi connectivity index (χ1v) is 6.86. The van der Waals surface area contributed by atoms with Gasteiger partial charge in [0.05, 0.1) is 6.10 Å². The minimum Gasteiger partial charge on any atom is -0.380 e. The topological polar surface area (TPSA) is 24.5 Å². The van der Waals surface area contributed by atoms with Crippen molar-refractivity contribution in [1.29, 1.82) is 0 Å². The van der Waals surface area contributed by atoms with Crippen LogP contribution in [0, 0.1) is 0 Å². The average molecular weight is 226 g/mol. The predicted octanol–water partition coefficient (Wildman–Crippen LogP) is 1.63. The van der Waals surface area contributed by atoms with Gasteiger partial charge in [0.1, 0.15) is 0 Å². The van der Waals surface area contributed by atoms with Crippen LogP contribution < -0.4 is 5.32 Å². The molecule has 1 N–H and O–H groups in total. The molecule has 0 radical (unpaired) electrons. The van der Waals surface area contributed by atoms with Crippen molar-refractivity contribution < 1.29 is 4.74 Å². The highest BCUT2D eigenvalue weighted by atomic mass is 16.5. The van der Waals surface area contributed by atoms with Crippen molar-refractivity contribution in [1.82, 2.24) is 10.2 Å². The Bertz CT molecular complexity index is 204. The Labute approximate surface area is 99.5 Å². The van der Waals surface area contributed by atoms with Gasteiger partial charge >= 0.3 is 0 Å². The van der Waals surface area contributed by atoms with Crippen molar-refractivity contribution in [3.05, 3.63) is 0 Å². The molecule has 2 unspecified atom stereocenters. The van der Waals surface area contributed by atoms with Gasteiger partial charge in [0.15, 0.2) is 0 Å². The fraction of sp³-hybridized carbons (Fsp3) is 1.00. The number of ether oxygens (including phenoxy) is 1. The van der Waals surface area contributed by atoms with Gasteiger partial charge in [-0.3, -0.25) is 4.90 Å². The fourth-order valence-electron chi connectivity index (χ4n) is 3.12. The first-order valence-electron chi connectivity index (χ1n) is 6.86. The Kier molecular flexibility index (Phi) is 4.62. The number of hydrogen-bond acceptors (Lipinski definition) is 3. The lowest BCUT2D eigenvalue weighted by Gasteiger charge is -2.46. The van der Waals surface area contributed by atoms with Crippen LogP contribution in [0.1, 0.15) is 39.0 Å². The summed E-state index contributed by atoms with van der Waals surface area (Å²) in [6.45, 7) is 5.86. The van der Waals surface area contributed by atoms with Gasteiger partial charge in [0, 0.05) is 32.3 Å². The van der Waals surface area contributed by atoms with Crippen molar-refractivity contribution in [3.8, 4) is 0 Å². The maximum Gasteiger partial charge on any atom is 0.0726 e. The van der Waals surface area contributed by atoms with E-state index in [2.05, 4.69) is 17.1 Å². The minimum absolute atomic E-state index is 0.473. The number of nitrogens with one attached hydrogen (secondary N) is 1. The molecule has 0 aromatic heterocycles. The van der Waals surface area contributed by atoms with Crippen LogP contribution in [0.3, 0.4) is 0 Å². The molecule has 1 aliphatic carbocycles. The van der Waals surface area contributed by atoms with Crippen molar-refractivity contribution >= 4 is 0 Å². The normalized spacial score (nSPS) is 31.7. The Morgan fingerprint density at radius 1 is 1.25 bits per heavy atom. The van der Waals surface area contributed by atoms with Crippen molar-refractivity contribution in [2.75, 3.05) is 26.7 Å². The smallest absolute Gasteiger partial charge is 0.0726 e. The summed E-state index contributed by atoms with van der Waals surface area (Å²) < 4.78 is 5.69. The van der Waals surface area contributed by atoms with E-state index in [4.69, 9.17) is 4.74 Å². The molecule has 0 amide bonds. The zero-order chi connectivity index (χ0) is 11.4. The summed E-state index contributed by atoms with van der Waals surface area (Å²) in [4.78, 5) is 2.71. The molecule has 1 aliphatic heterocycles. The number of rotatable bonds is 5. The number of methoxy groups -OCH3 is 1. The van der Waals surface area contributed by atoms with Gasteiger partial charge in [-0.1, -0.05) is 19.8 Å². The zero-order valence-corrected chi connectivity index (χ0v) is 10.7. The Hall–Kier alpha value is -0.120. The highest BCUT2D eigenvalue weighted by Crippen LogP contribution is 2.27. The molecule has 16 heavy (non-hydrogen) atoms. The molecule has 1 saturated carbocycles. The molecule has 1 heterocycles. The summed E-state index contributed by atoms with van der Waals surface area (Å²) in [5.74, 6) is 0. The Morgan fingerprint density at radius 3 is 2.56 bits per heavy atom. The molecule has 2 rings (SSSR count). The third-order valence-electron chi connectivity index (χ3n) is 4.11. The van der Waals surface area contributed by atoms with Crippen LogP contribution in [0.25, 0.3) is 0 Å². The Morgan fingerprint density at radius 2 is 2.00 bits per heavy atom. The van der Waals surface area contributed by atoms with E-state index in [0.717, 1.165) is 6.04 Å². The highest BCUT2D eigenvalue weighted by molar-refractivity contribution is 4.92. The lowest BCUT2D eigenvalue weighted by atomic mass is 9.89. The molecule has 3 heteroatoms. The van der Waals surface area contributed by atoms with E-state index in [1.807, 2.05) is 7.11 Å². The lowest BCUT2D eigenvalue weighted by Crippen LogP contribution is -2.62. The molecule has 0 bridgehead atoms. The third-order valence-corrected chi connectivity index (χ3v) is 4.11. The molecule has 1 saturated heterocycles. The number of nitrogens with zero attached hydrogens (tertiary/aromatic N) is 1. The molecular formula is C13H26N2O. The summed E-state index contributed by atoms with van der Waals surface area (Å²) in [6, 6.07) is 1.44. The molecule has 94 valence electrons. The predicted molar refractivity (Wildman–Crippen MR) is 66.7 cm³/mol. The third kappa shape index (κ3) is 2.58. The maximum atomic E-state index is 5.69. The maximum absolute atomic E-state index is 5.69. The zero-order valence-electron chi connectivity index (χ0n) is 10.7. The standard InChI is InChI=1S/C13H26N2O/c1-3-8-15(11-9-14-10-11)12-6-4-5-7-13(12)16-2/h11-14H,3-10H2,1-2H3. The van der Waals surface area contributed by atoms with Gasteiger partial charge in [-0.25, -0.2) is 0 Å². The van der Waals surface area contributed by atoms with Crippen LogP contribution in [0.15, 0.2) is 0 Å². The summed E-state index contributed by atoms with van der Waals surface area (Å²) in [7, 11) is 1.88. The van der Waals surface area contributed by atoms with E-state index in [1.54, 1.807) is 0 Å². The van der Waals surface area contributed by atoms with E-state index < -0.39 is 0 Å². The van der Waals surface area contributed by atoms with Gasteiger partial charge < -0.3 is 10.1 Å². The molecule has 0 aromatic rings. The first-order chi connectivity index (χ1) is 7.86. The van der Waals surface area contributed by atoms with Crippen molar-refractivity contribution in [2.24, 2.45) is 0 Å². The SMILES string of the molecule is CCCN(C1CNC1)C1CCCCC1OC. The Balaban J connectivity index is 1.97. The largest absolute Gasteiger partial charge is 0.380 e. The van der Waals surface area contributed by atoms with Gasteiger partial charge in [-0.05, 0) is 25.8 Å². The molecule has 2 aliphatic rings. The van der Waals surface area contributed by atoms with Crippen LogP contribution >= 0.6 is 0 Å². The van der Waals surface area contributed by atoms with Gasteiger partial charge in [-0.2, -0.15) is 0 Å². The average Bonchev–Trinajstić information content (AvgIpc) is 2.26. The van der Waals surface area contributed by atoms with Crippen LogP contribution in [0.2, 0.25) is 0 Å². The fourth-order valence-corrected chi connectivity index (χ4v) is 3.12. The van der Waals surface area contributed by atoms with Crippen LogP contribution in [-0.4, -0.2) is 49.8 Å².